The van der Waals surface area contributed by atoms with Gasteiger partial charge < -0.3 is 4.74 Å². The largest absolute Gasteiger partial charge is 0.465 e. The molecule has 2 rings (SSSR count). The van der Waals surface area contributed by atoms with Crippen LogP contribution in [0.15, 0.2) is 23.6 Å². The maximum absolute atomic E-state index is 11.2. The molecule has 0 aliphatic heterocycles. The molecule has 0 saturated carbocycles. The third kappa shape index (κ3) is 1.80. The van der Waals surface area contributed by atoms with Crippen molar-refractivity contribution < 1.29 is 9.53 Å². The average Bonchev–Trinajstić information content (AvgIpc) is 2.70. The van der Waals surface area contributed by atoms with Gasteiger partial charge in [0.05, 0.1) is 24.4 Å². The molecule has 0 aliphatic rings. The Morgan fingerprint density at radius 2 is 2.40 bits per heavy atom. The lowest BCUT2D eigenvalue weighted by Gasteiger charge is -1.95. The molecular formula is C9H9N3O2S. The van der Waals surface area contributed by atoms with E-state index in [0.29, 0.717) is 10.7 Å². The van der Waals surface area contributed by atoms with Gasteiger partial charge in [-0.05, 0) is 12.3 Å². The molecule has 15 heavy (non-hydrogen) atoms. The van der Waals surface area contributed by atoms with Crippen LogP contribution in [-0.2, 0) is 4.74 Å². The molecule has 0 aliphatic carbocycles. The topological polar surface area (TPSA) is 56.5 Å². The second-order valence-electron chi connectivity index (χ2n) is 2.83. The number of aromatic nitrogens is 3. The number of ether oxygens (including phenoxy) is 1. The second-order valence-corrected chi connectivity index (χ2v) is 3.61. The van der Waals surface area contributed by atoms with Gasteiger partial charge in [-0.1, -0.05) is 11.8 Å². The molecule has 0 fully saturated rings. The van der Waals surface area contributed by atoms with E-state index in [9.17, 15) is 4.79 Å². The fourth-order valence-electron chi connectivity index (χ4n) is 1.21. The zero-order valence-corrected chi connectivity index (χ0v) is 9.11. The minimum absolute atomic E-state index is 0.369. The smallest absolute Gasteiger partial charge is 0.339 e. The molecule has 2 aromatic rings. The normalized spacial score (nSPS) is 10.5. The lowest BCUT2D eigenvalue weighted by Crippen LogP contribution is -1.99. The molecule has 2 heterocycles. The monoisotopic (exact) mass is 223 g/mol. The number of carbonyl (C=O) groups excluding carboxylic acids is 1. The first-order valence-corrected chi connectivity index (χ1v) is 5.45. The molecule has 0 saturated heterocycles. The van der Waals surface area contributed by atoms with Crippen molar-refractivity contribution in [2.24, 2.45) is 0 Å². The molecule has 5 nitrogen and oxygen atoms in total. The fourth-order valence-corrected chi connectivity index (χ4v) is 1.54. The number of carbonyl (C=O) groups is 1. The highest BCUT2D eigenvalue weighted by atomic mass is 32.2. The van der Waals surface area contributed by atoms with Crippen LogP contribution in [0.1, 0.15) is 10.4 Å². The van der Waals surface area contributed by atoms with Crippen LogP contribution in [0.25, 0.3) is 5.52 Å². The van der Waals surface area contributed by atoms with Gasteiger partial charge in [0.1, 0.15) is 0 Å². The van der Waals surface area contributed by atoms with E-state index in [-0.39, 0.29) is 5.97 Å². The summed E-state index contributed by atoms with van der Waals surface area (Å²) in [7, 11) is 1.35. The number of rotatable bonds is 2. The number of fused-ring (bicyclic) bond motifs is 1. The zero-order valence-electron chi connectivity index (χ0n) is 8.30. The van der Waals surface area contributed by atoms with E-state index >= 15 is 0 Å². The lowest BCUT2D eigenvalue weighted by atomic mass is 10.3. The van der Waals surface area contributed by atoms with Crippen molar-refractivity contribution >= 4 is 23.2 Å². The summed E-state index contributed by atoms with van der Waals surface area (Å²) in [6, 6.07) is 1.69. The quantitative estimate of drug-likeness (QED) is 0.566. The minimum Gasteiger partial charge on any atom is -0.465 e. The molecular weight excluding hydrogens is 214 g/mol. The number of esters is 1. The van der Waals surface area contributed by atoms with Gasteiger partial charge in [0, 0.05) is 6.20 Å². The van der Waals surface area contributed by atoms with Crippen molar-refractivity contribution in [3.63, 3.8) is 0 Å². The Bertz CT molecular complexity index is 509. The zero-order chi connectivity index (χ0) is 10.8. The van der Waals surface area contributed by atoms with Crippen molar-refractivity contribution in [2.45, 2.75) is 5.16 Å². The third-order valence-corrected chi connectivity index (χ3v) is 2.49. The second kappa shape index (κ2) is 3.90. The highest BCUT2D eigenvalue weighted by Crippen LogP contribution is 2.12. The molecule has 0 atom stereocenters. The highest BCUT2D eigenvalue weighted by Gasteiger charge is 2.09. The molecule has 78 valence electrons. The summed E-state index contributed by atoms with van der Waals surface area (Å²) < 4.78 is 6.23. The number of hydrogen-bond donors (Lipinski definition) is 0. The Hall–Kier alpha value is -1.56. The summed E-state index contributed by atoms with van der Waals surface area (Å²) in [5.41, 5.74) is 1.25. The standard InChI is InChI=1S/C9H9N3O2S/c1-14-8(13)6-3-7-4-10-9(15-2)11-12(7)5-6/h3-5H,1-2H3. The summed E-state index contributed by atoms with van der Waals surface area (Å²) in [4.78, 5) is 15.4. The van der Waals surface area contributed by atoms with Gasteiger partial charge in [0.15, 0.2) is 0 Å². The van der Waals surface area contributed by atoms with Crippen molar-refractivity contribution in [3.05, 3.63) is 24.0 Å². The lowest BCUT2D eigenvalue weighted by molar-refractivity contribution is 0.0601. The summed E-state index contributed by atoms with van der Waals surface area (Å²) in [5.74, 6) is -0.369. The molecule has 0 spiro atoms. The summed E-state index contributed by atoms with van der Waals surface area (Å²) in [6.45, 7) is 0. The summed E-state index contributed by atoms with van der Waals surface area (Å²) in [6.07, 6.45) is 5.19. The fraction of sp³-hybridized carbons (Fsp3) is 0.222. The first-order chi connectivity index (χ1) is 7.24. The number of hydrogen-bond acceptors (Lipinski definition) is 5. The predicted octanol–water partition coefficient (Wildman–Crippen LogP) is 1.24. The van der Waals surface area contributed by atoms with Gasteiger partial charge in [-0.3, -0.25) is 0 Å². The summed E-state index contributed by atoms with van der Waals surface area (Å²) >= 11 is 1.45. The molecule has 0 radical (unpaired) electrons. The molecule has 0 amide bonds. The van der Waals surface area contributed by atoms with Gasteiger partial charge >= 0.3 is 5.97 Å². The Balaban J connectivity index is 2.51. The van der Waals surface area contributed by atoms with Crippen LogP contribution in [0, 0.1) is 0 Å². The Kier molecular flexibility index (Phi) is 2.59. The van der Waals surface area contributed by atoms with E-state index in [1.165, 1.54) is 18.9 Å². The van der Waals surface area contributed by atoms with E-state index in [1.807, 2.05) is 6.26 Å². The van der Waals surface area contributed by atoms with Crippen LogP contribution >= 0.6 is 11.8 Å². The van der Waals surface area contributed by atoms with Crippen LogP contribution in [0.3, 0.4) is 0 Å². The molecule has 6 heteroatoms. The average molecular weight is 223 g/mol. The van der Waals surface area contributed by atoms with Crippen molar-refractivity contribution in [3.8, 4) is 0 Å². The van der Waals surface area contributed by atoms with Crippen molar-refractivity contribution in [1.82, 2.24) is 14.6 Å². The van der Waals surface area contributed by atoms with Crippen LogP contribution < -0.4 is 0 Å². The van der Waals surface area contributed by atoms with Crippen LogP contribution in [-0.4, -0.2) is 33.9 Å². The number of nitrogens with zero attached hydrogens (tertiary/aromatic N) is 3. The van der Waals surface area contributed by atoms with E-state index in [2.05, 4.69) is 14.8 Å². The first kappa shape index (κ1) is 9.97. The van der Waals surface area contributed by atoms with Crippen LogP contribution in [0.4, 0.5) is 0 Å². The first-order valence-electron chi connectivity index (χ1n) is 4.22. The number of methoxy groups -OCH3 is 1. The van der Waals surface area contributed by atoms with Crippen molar-refractivity contribution in [1.29, 1.82) is 0 Å². The molecule has 0 aromatic carbocycles. The Labute approximate surface area is 90.5 Å². The van der Waals surface area contributed by atoms with E-state index in [1.54, 1.807) is 23.0 Å². The van der Waals surface area contributed by atoms with Gasteiger partial charge in [0.25, 0.3) is 0 Å². The molecule has 0 bridgehead atoms. The van der Waals surface area contributed by atoms with E-state index < -0.39 is 0 Å². The summed E-state index contributed by atoms with van der Waals surface area (Å²) in [5, 5.41) is 4.85. The maximum atomic E-state index is 11.2. The highest BCUT2D eigenvalue weighted by molar-refractivity contribution is 7.98. The van der Waals surface area contributed by atoms with Crippen LogP contribution in [0.5, 0.6) is 0 Å². The maximum Gasteiger partial charge on any atom is 0.339 e. The van der Waals surface area contributed by atoms with Gasteiger partial charge in [-0.15, -0.1) is 5.10 Å². The van der Waals surface area contributed by atoms with E-state index in [0.717, 1.165) is 5.52 Å². The SMILES string of the molecule is COC(=O)c1cc2cnc(SC)nn2c1. The van der Waals surface area contributed by atoms with E-state index in [4.69, 9.17) is 0 Å². The van der Waals surface area contributed by atoms with Gasteiger partial charge in [-0.2, -0.15) is 0 Å². The van der Waals surface area contributed by atoms with Crippen LogP contribution in [0.2, 0.25) is 0 Å². The molecule has 0 N–H and O–H groups in total. The van der Waals surface area contributed by atoms with Crippen molar-refractivity contribution in [2.75, 3.05) is 13.4 Å². The predicted molar refractivity (Wildman–Crippen MR) is 56.1 cm³/mol. The third-order valence-electron chi connectivity index (χ3n) is 1.93. The molecule has 0 unspecified atom stereocenters. The Morgan fingerprint density at radius 3 is 3.07 bits per heavy atom. The minimum atomic E-state index is -0.369. The Morgan fingerprint density at radius 1 is 1.60 bits per heavy atom. The molecule has 2 aromatic heterocycles. The van der Waals surface area contributed by atoms with Gasteiger partial charge in [0.2, 0.25) is 5.16 Å². The van der Waals surface area contributed by atoms with Gasteiger partial charge in [-0.25, -0.2) is 14.3 Å². The number of thioether (sulfide) groups is 1.